The molecule has 3 aromatic carbocycles. The van der Waals surface area contributed by atoms with E-state index in [0.717, 1.165) is 5.56 Å². The van der Waals surface area contributed by atoms with E-state index in [-0.39, 0.29) is 16.8 Å². The van der Waals surface area contributed by atoms with Crippen LogP contribution in [-0.4, -0.2) is 34.5 Å². The van der Waals surface area contributed by atoms with Crippen molar-refractivity contribution in [3.63, 3.8) is 0 Å². The lowest BCUT2D eigenvalue weighted by atomic mass is 10.2. The number of hydrogen-bond acceptors (Lipinski definition) is 4. The van der Waals surface area contributed by atoms with E-state index >= 15 is 0 Å². The highest BCUT2D eigenvalue weighted by molar-refractivity contribution is 7.92. The van der Waals surface area contributed by atoms with Crippen molar-refractivity contribution < 1.29 is 18.0 Å². The van der Waals surface area contributed by atoms with E-state index in [2.05, 4.69) is 16.0 Å². The van der Waals surface area contributed by atoms with Gasteiger partial charge in [-0.05, 0) is 67.6 Å². The van der Waals surface area contributed by atoms with Crippen molar-refractivity contribution in [2.24, 2.45) is 0 Å². The van der Waals surface area contributed by atoms with Gasteiger partial charge in [-0.25, -0.2) is 13.2 Å². The Kier molecular flexibility index (Phi) is 6.79. The molecule has 0 saturated carbocycles. The highest BCUT2D eigenvalue weighted by Gasteiger charge is 2.21. The van der Waals surface area contributed by atoms with Gasteiger partial charge < -0.3 is 16.0 Å². The summed E-state index contributed by atoms with van der Waals surface area (Å²) in [7, 11) is -0.717. The summed E-state index contributed by atoms with van der Waals surface area (Å²) in [4.78, 5) is 24.1. The van der Waals surface area contributed by atoms with Crippen LogP contribution in [0.25, 0.3) is 0 Å². The number of carbonyl (C=O) groups is 2. The first-order valence-corrected chi connectivity index (χ1v) is 11.2. The van der Waals surface area contributed by atoms with Crippen molar-refractivity contribution in [2.45, 2.75) is 11.8 Å². The van der Waals surface area contributed by atoms with E-state index in [1.165, 1.54) is 18.4 Å². The maximum absolute atomic E-state index is 12.8. The molecule has 166 valence electrons. The van der Waals surface area contributed by atoms with Crippen LogP contribution < -0.4 is 20.3 Å². The Morgan fingerprint density at radius 1 is 0.781 bits per heavy atom. The first-order chi connectivity index (χ1) is 15.2. The molecule has 0 aliphatic heterocycles. The van der Waals surface area contributed by atoms with E-state index in [1.54, 1.807) is 72.8 Å². The van der Waals surface area contributed by atoms with Crippen LogP contribution in [0.4, 0.5) is 21.9 Å². The van der Waals surface area contributed by atoms with Crippen LogP contribution in [0.2, 0.25) is 0 Å². The van der Waals surface area contributed by atoms with E-state index in [0.29, 0.717) is 22.6 Å². The fourth-order valence-corrected chi connectivity index (χ4v) is 4.06. The summed E-state index contributed by atoms with van der Waals surface area (Å²) in [6, 6.07) is 19.2. The summed E-state index contributed by atoms with van der Waals surface area (Å²) < 4.78 is 26.8. The molecule has 0 aliphatic carbocycles. The maximum atomic E-state index is 12.8. The third-order valence-electron chi connectivity index (χ3n) is 4.80. The minimum atomic E-state index is -3.71. The van der Waals surface area contributed by atoms with Gasteiger partial charge in [-0.2, -0.15) is 0 Å². The Hall–Kier alpha value is -3.85. The predicted molar refractivity (Wildman–Crippen MR) is 126 cm³/mol. The molecule has 3 N–H and O–H groups in total. The predicted octanol–water partition coefficient (Wildman–Crippen LogP) is 3.82. The molecule has 3 rings (SSSR count). The molecule has 0 bridgehead atoms. The lowest BCUT2D eigenvalue weighted by Gasteiger charge is -2.20. The summed E-state index contributed by atoms with van der Waals surface area (Å²) >= 11 is 0. The second kappa shape index (κ2) is 9.52. The van der Waals surface area contributed by atoms with Crippen LogP contribution in [0, 0.1) is 6.92 Å². The zero-order valence-corrected chi connectivity index (χ0v) is 18.7. The minimum absolute atomic E-state index is 0.196. The summed E-state index contributed by atoms with van der Waals surface area (Å²) in [5.74, 6) is -0.340. The van der Waals surface area contributed by atoms with Crippen molar-refractivity contribution in [1.82, 2.24) is 5.32 Å². The minimum Gasteiger partial charge on any atom is -0.341 e. The van der Waals surface area contributed by atoms with E-state index in [9.17, 15) is 18.0 Å². The summed E-state index contributed by atoms with van der Waals surface area (Å²) in [5, 5.41) is 7.85. The number of urea groups is 1. The molecule has 0 heterocycles. The molecule has 0 spiro atoms. The Morgan fingerprint density at radius 2 is 1.31 bits per heavy atom. The van der Waals surface area contributed by atoms with Gasteiger partial charge in [0, 0.05) is 31.0 Å². The fourth-order valence-electron chi connectivity index (χ4n) is 2.86. The molecular weight excluding hydrogens is 428 g/mol. The van der Waals surface area contributed by atoms with Gasteiger partial charge in [0.25, 0.3) is 15.9 Å². The van der Waals surface area contributed by atoms with Crippen LogP contribution >= 0.6 is 0 Å². The molecular formula is C23H24N4O4S. The van der Waals surface area contributed by atoms with Gasteiger partial charge in [0.2, 0.25) is 0 Å². The summed E-state index contributed by atoms with van der Waals surface area (Å²) in [6.07, 6.45) is 0. The molecule has 9 heteroatoms. The van der Waals surface area contributed by atoms with Gasteiger partial charge in [-0.1, -0.05) is 17.7 Å². The van der Waals surface area contributed by atoms with Gasteiger partial charge in [-0.15, -0.1) is 0 Å². The quantitative estimate of drug-likeness (QED) is 0.528. The second-order valence-corrected chi connectivity index (χ2v) is 9.04. The number of nitrogens with zero attached hydrogens (tertiary/aromatic N) is 1. The number of sulfonamides is 1. The first-order valence-electron chi connectivity index (χ1n) is 9.76. The van der Waals surface area contributed by atoms with Crippen molar-refractivity contribution >= 4 is 39.0 Å². The average Bonchev–Trinajstić information content (AvgIpc) is 2.80. The SMILES string of the molecule is CNC(=O)Nc1ccc(NC(=O)c2ccc(N(C)S(=O)(=O)c3ccc(C)cc3)cc2)cc1. The van der Waals surface area contributed by atoms with Crippen molar-refractivity contribution in [1.29, 1.82) is 0 Å². The Labute approximate surface area is 187 Å². The molecule has 32 heavy (non-hydrogen) atoms. The number of rotatable bonds is 6. The van der Waals surface area contributed by atoms with Crippen LogP contribution in [0.5, 0.6) is 0 Å². The molecule has 0 radical (unpaired) electrons. The smallest absolute Gasteiger partial charge is 0.318 e. The van der Waals surface area contributed by atoms with Crippen LogP contribution in [-0.2, 0) is 10.0 Å². The molecule has 0 atom stereocenters. The third kappa shape index (κ3) is 5.25. The fraction of sp³-hybridized carbons (Fsp3) is 0.130. The Morgan fingerprint density at radius 3 is 1.84 bits per heavy atom. The average molecular weight is 453 g/mol. The van der Waals surface area contributed by atoms with Crippen LogP contribution in [0.15, 0.2) is 77.7 Å². The molecule has 0 fully saturated rings. The second-order valence-electron chi connectivity index (χ2n) is 7.07. The number of amides is 3. The molecule has 3 amide bonds. The molecule has 0 aliphatic rings. The lowest BCUT2D eigenvalue weighted by molar-refractivity contribution is 0.102. The van der Waals surface area contributed by atoms with Gasteiger partial charge in [0.15, 0.2) is 0 Å². The molecule has 3 aromatic rings. The standard InChI is InChI=1S/C23H24N4O4S/c1-16-4-14-21(15-5-16)32(30,31)27(3)20-12-6-17(7-13-20)22(28)25-18-8-10-19(11-9-18)26-23(29)24-2/h4-15H,1-3H3,(H,25,28)(H2,24,26,29). The van der Waals surface area contributed by atoms with Gasteiger partial charge in [-0.3, -0.25) is 9.10 Å². The number of hydrogen-bond donors (Lipinski definition) is 3. The van der Waals surface area contributed by atoms with Gasteiger partial charge >= 0.3 is 6.03 Å². The molecule has 0 aromatic heterocycles. The van der Waals surface area contributed by atoms with Crippen molar-refractivity contribution in [3.8, 4) is 0 Å². The molecule has 0 saturated heterocycles. The van der Waals surface area contributed by atoms with E-state index < -0.39 is 10.0 Å². The zero-order valence-electron chi connectivity index (χ0n) is 17.9. The topological polar surface area (TPSA) is 108 Å². The number of carbonyl (C=O) groups excluding carboxylic acids is 2. The first kappa shape index (κ1) is 22.8. The van der Waals surface area contributed by atoms with E-state index in [4.69, 9.17) is 0 Å². The largest absolute Gasteiger partial charge is 0.341 e. The highest BCUT2D eigenvalue weighted by atomic mass is 32.2. The number of aryl methyl sites for hydroxylation is 1. The Balaban J connectivity index is 1.69. The van der Waals surface area contributed by atoms with E-state index in [1.807, 2.05) is 6.92 Å². The number of anilines is 3. The Bertz CT molecular complexity index is 1210. The lowest BCUT2D eigenvalue weighted by Crippen LogP contribution is -2.26. The van der Waals surface area contributed by atoms with Gasteiger partial charge in [0.1, 0.15) is 0 Å². The number of benzene rings is 3. The number of nitrogens with one attached hydrogen (secondary N) is 3. The van der Waals surface area contributed by atoms with Crippen molar-refractivity contribution in [3.05, 3.63) is 83.9 Å². The van der Waals surface area contributed by atoms with Gasteiger partial charge in [0.05, 0.1) is 10.6 Å². The van der Waals surface area contributed by atoms with Crippen LogP contribution in [0.3, 0.4) is 0 Å². The highest BCUT2D eigenvalue weighted by Crippen LogP contribution is 2.23. The molecule has 8 nitrogen and oxygen atoms in total. The normalized spacial score (nSPS) is 10.8. The van der Waals surface area contributed by atoms with Crippen LogP contribution in [0.1, 0.15) is 15.9 Å². The molecule has 0 unspecified atom stereocenters. The maximum Gasteiger partial charge on any atom is 0.318 e. The monoisotopic (exact) mass is 452 g/mol. The van der Waals surface area contributed by atoms with Crippen molar-refractivity contribution in [2.75, 3.05) is 29.0 Å². The summed E-state index contributed by atoms with van der Waals surface area (Å²) in [5.41, 5.74) is 2.93. The zero-order chi connectivity index (χ0) is 23.3. The third-order valence-corrected chi connectivity index (χ3v) is 6.60. The summed E-state index contributed by atoms with van der Waals surface area (Å²) in [6.45, 7) is 1.89.